The number of nitrogens with two attached hydrogens (primary N) is 1. The number of nitrogens with zero attached hydrogens (tertiary/aromatic N) is 1. The summed E-state index contributed by atoms with van der Waals surface area (Å²) in [6.45, 7) is 12.3. The fourth-order valence-corrected chi connectivity index (χ4v) is 2.53. The molecule has 0 saturated heterocycles. The molecule has 2 nitrogen and oxygen atoms in total. The zero-order valence-electron chi connectivity index (χ0n) is 10.9. The Kier molecular flexibility index (Phi) is 4.60. The van der Waals surface area contributed by atoms with Crippen LogP contribution in [0, 0.1) is 11.3 Å². The summed E-state index contributed by atoms with van der Waals surface area (Å²) in [5.41, 5.74) is 6.23. The van der Waals surface area contributed by atoms with Crippen LogP contribution in [-0.2, 0) is 0 Å². The molecule has 1 aliphatic carbocycles. The first-order valence-electron chi connectivity index (χ1n) is 6.43. The van der Waals surface area contributed by atoms with Gasteiger partial charge in [-0.3, -0.25) is 4.90 Å². The van der Waals surface area contributed by atoms with Crippen LogP contribution in [0.25, 0.3) is 0 Å². The lowest BCUT2D eigenvalue weighted by molar-refractivity contribution is 0.0763. The van der Waals surface area contributed by atoms with Gasteiger partial charge in [-0.1, -0.05) is 34.1 Å². The van der Waals surface area contributed by atoms with Gasteiger partial charge in [-0.15, -0.1) is 0 Å². The van der Waals surface area contributed by atoms with Crippen molar-refractivity contribution in [2.45, 2.75) is 53.0 Å². The Balaban J connectivity index is 2.52. The maximum Gasteiger partial charge on any atom is 0.0266 e. The van der Waals surface area contributed by atoms with Crippen molar-refractivity contribution >= 4 is 0 Å². The van der Waals surface area contributed by atoms with E-state index in [1.165, 1.54) is 25.8 Å². The van der Waals surface area contributed by atoms with Gasteiger partial charge in [-0.05, 0) is 30.7 Å². The molecule has 0 amide bonds. The minimum absolute atomic E-state index is 0.300. The van der Waals surface area contributed by atoms with E-state index in [1.807, 2.05) is 0 Å². The van der Waals surface area contributed by atoms with Gasteiger partial charge >= 0.3 is 0 Å². The molecular weight excluding hydrogens is 184 g/mol. The number of hydrogen-bond donors (Lipinski definition) is 1. The third-order valence-electron chi connectivity index (χ3n) is 3.79. The molecule has 1 saturated carbocycles. The van der Waals surface area contributed by atoms with Crippen molar-refractivity contribution in [3.63, 3.8) is 0 Å². The second-order valence-corrected chi connectivity index (χ2v) is 6.00. The Labute approximate surface area is 95.2 Å². The van der Waals surface area contributed by atoms with Crippen molar-refractivity contribution in [3.05, 3.63) is 0 Å². The molecule has 1 fully saturated rings. The van der Waals surface area contributed by atoms with Crippen LogP contribution in [0.5, 0.6) is 0 Å². The van der Waals surface area contributed by atoms with Crippen molar-refractivity contribution in [1.29, 1.82) is 0 Å². The highest BCUT2D eigenvalue weighted by Crippen LogP contribution is 2.30. The van der Waals surface area contributed by atoms with E-state index in [9.17, 15) is 0 Å². The van der Waals surface area contributed by atoms with Crippen molar-refractivity contribution in [2.24, 2.45) is 17.1 Å². The summed E-state index contributed by atoms with van der Waals surface area (Å²) in [6.07, 6.45) is 4.29. The van der Waals surface area contributed by atoms with Crippen molar-refractivity contribution in [3.8, 4) is 0 Å². The standard InChI is InChI=1S/C13H28N2/c1-5-15(10-11-7-6-8-11)12(9-14)13(2,3)4/h11-12H,5-10,14H2,1-4H3. The van der Waals surface area contributed by atoms with E-state index < -0.39 is 0 Å². The van der Waals surface area contributed by atoms with Gasteiger partial charge in [0.05, 0.1) is 0 Å². The molecule has 15 heavy (non-hydrogen) atoms. The lowest BCUT2D eigenvalue weighted by Gasteiger charge is -2.42. The van der Waals surface area contributed by atoms with E-state index >= 15 is 0 Å². The van der Waals surface area contributed by atoms with Crippen LogP contribution in [-0.4, -0.2) is 30.6 Å². The van der Waals surface area contributed by atoms with E-state index in [2.05, 4.69) is 32.6 Å². The molecule has 0 aromatic heterocycles. The van der Waals surface area contributed by atoms with E-state index in [0.29, 0.717) is 11.5 Å². The number of hydrogen-bond acceptors (Lipinski definition) is 2. The second-order valence-electron chi connectivity index (χ2n) is 6.00. The van der Waals surface area contributed by atoms with E-state index in [0.717, 1.165) is 19.0 Å². The minimum Gasteiger partial charge on any atom is -0.329 e. The zero-order valence-corrected chi connectivity index (χ0v) is 10.9. The van der Waals surface area contributed by atoms with E-state index in [-0.39, 0.29) is 0 Å². The molecule has 1 atom stereocenters. The van der Waals surface area contributed by atoms with Gasteiger partial charge < -0.3 is 5.73 Å². The topological polar surface area (TPSA) is 29.3 Å². The summed E-state index contributed by atoms with van der Waals surface area (Å²) in [6, 6.07) is 0.531. The van der Waals surface area contributed by atoms with Gasteiger partial charge in [-0.2, -0.15) is 0 Å². The molecule has 0 aromatic carbocycles. The van der Waals surface area contributed by atoms with E-state index in [4.69, 9.17) is 5.73 Å². The predicted molar refractivity (Wildman–Crippen MR) is 66.9 cm³/mol. The zero-order chi connectivity index (χ0) is 11.5. The molecule has 0 aromatic rings. The van der Waals surface area contributed by atoms with E-state index in [1.54, 1.807) is 0 Å². The van der Waals surface area contributed by atoms with Crippen LogP contribution in [0.3, 0.4) is 0 Å². The number of rotatable bonds is 5. The summed E-state index contributed by atoms with van der Waals surface area (Å²) < 4.78 is 0. The maximum absolute atomic E-state index is 5.93. The Hall–Kier alpha value is -0.0800. The molecule has 0 heterocycles. The molecule has 1 aliphatic rings. The Morgan fingerprint density at radius 1 is 1.33 bits per heavy atom. The first kappa shape index (κ1) is 13.0. The molecule has 90 valence electrons. The quantitative estimate of drug-likeness (QED) is 0.758. The molecule has 1 rings (SSSR count). The summed E-state index contributed by atoms with van der Waals surface area (Å²) in [4.78, 5) is 2.59. The van der Waals surface area contributed by atoms with Crippen LogP contribution in [0.4, 0.5) is 0 Å². The lowest BCUT2D eigenvalue weighted by Crippen LogP contribution is -2.50. The van der Waals surface area contributed by atoms with Crippen LogP contribution in [0.2, 0.25) is 0 Å². The van der Waals surface area contributed by atoms with Crippen LogP contribution in [0.1, 0.15) is 47.0 Å². The Morgan fingerprint density at radius 2 is 1.93 bits per heavy atom. The highest BCUT2D eigenvalue weighted by molar-refractivity contribution is 4.86. The van der Waals surface area contributed by atoms with Gasteiger partial charge in [0.1, 0.15) is 0 Å². The Morgan fingerprint density at radius 3 is 2.20 bits per heavy atom. The fourth-order valence-electron chi connectivity index (χ4n) is 2.53. The molecule has 1 unspecified atom stereocenters. The molecule has 0 bridgehead atoms. The highest BCUT2D eigenvalue weighted by Gasteiger charge is 2.30. The maximum atomic E-state index is 5.93. The largest absolute Gasteiger partial charge is 0.329 e. The first-order valence-corrected chi connectivity index (χ1v) is 6.43. The first-order chi connectivity index (χ1) is 6.99. The normalized spacial score (nSPS) is 20.4. The fraction of sp³-hybridized carbons (Fsp3) is 1.00. The predicted octanol–water partition coefficient (Wildman–Crippen LogP) is 2.48. The van der Waals surface area contributed by atoms with Crippen LogP contribution in [0.15, 0.2) is 0 Å². The third-order valence-corrected chi connectivity index (χ3v) is 3.79. The monoisotopic (exact) mass is 212 g/mol. The van der Waals surface area contributed by atoms with Gasteiger partial charge in [0.25, 0.3) is 0 Å². The second kappa shape index (κ2) is 5.31. The molecule has 0 spiro atoms. The van der Waals surface area contributed by atoms with Crippen LogP contribution >= 0.6 is 0 Å². The smallest absolute Gasteiger partial charge is 0.0266 e. The Bertz CT molecular complexity index is 179. The number of likely N-dealkylation sites (N-methyl/N-ethyl adjacent to an activating group) is 1. The minimum atomic E-state index is 0.300. The molecule has 0 aliphatic heterocycles. The summed E-state index contributed by atoms with van der Waals surface area (Å²) in [5, 5.41) is 0. The van der Waals surface area contributed by atoms with Crippen molar-refractivity contribution in [2.75, 3.05) is 19.6 Å². The van der Waals surface area contributed by atoms with Gasteiger partial charge in [-0.25, -0.2) is 0 Å². The average molecular weight is 212 g/mol. The average Bonchev–Trinajstić information content (AvgIpc) is 2.06. The molecule has 2 N–H and O–H groups in total. The van der Waals surface area contributed by atoms with Gasteiger partial charge in [0.15, 0.2) is 0 Å². The van der Waals surface area contributed by atoms with Crippen molar-refractivity contribution in [1.82, 2.24) is 4.90 Å². The van der Waals surface area contributed by atoms with Gasteiger partial charge in [0.2, 0.25) is 0 Å². The molecular formula is C13H28N2. The highest BCUT2D eigenvalue weighted by atomic mass is 15.2. The lowest BCUT2D eigenvalue weighted by atomic mass is 9.82. The summed E-state index contributed by atoms with van der Waals surface area (Å²) in [5.74, 6) is 0.946. The van der Waals surface area contributed by atoms with Gasteiger partial charge in [0, 0.05) is 19.1 Å². The van der Waals surface area contributed by atoms with Crippen molar-refractivity contribution < 1.29 is 0 Å². The molecule has 2 heteroatoms. The SMILES string of the molecule is CCN(CC1CCC1)C(CN)C(C)(C)C. The molecule has 0 radical (unpaired) electrons. The third kappa shape index (κ3) is 3.46. The summed E-state index contributed by atoms with van der Waals surface area (Å²) >= 11 is 0. The summed E-state index contributed by atoms with van der Waals surface area (Å²) in [7, 11) is 0. The van der Waals surface area contributed by atoms with Crippen LogP contribution < -0.4 is 5.73 Å².